The summed E-state index contributed by atoms with van der Waals surface area (Å²) in [5.74, 6) is 0.821. The van der Waals surface area contributed by atoms with Crippen LogP contribution in [0.5, 0.6) is 0 Å². The lowest BCUT2D eigenvalue weighted by molar-refractivity contribution is 0.210. The lowest BCUT2D eigenvalue weighted by atomic mass is 9.92. The third kappa shape index (κ3) is 5.17. The first-order valence-electron chi connectivity index (χ1n) is 10.2. The van der Waals surface area contributed by atoms with Crippen LogP contribution >= 0.6 is 0 Å². The fourth-order valence-corrected chi connectivity index (χ4v) is 3.96. The number of amides is 1. The van der Waals surface area contributed by atoms with E-state index in [1.54, 1.807) is 42.7 Å². The van der Waals surface area contributed by atoms with E-state index < -0.39 is 6.09 Å². The summed E-state index contributed by atoms with van der Waals surface area (Å²) in [6.45, 7) is 0.584. The summed E-state index contributed by atoms with van der Waals surface area (Å²) in [6.07, 6.45) is 8.83. The number of hydrogen-bond donors (Lipinski definition) is 3. The van der Waals surface area contributed by atoms with E-state index in [1.165, 1.54) is 12.8 Å². The molecule has 2 heterocycles. The Labute approximate surface area is 179 Å². The van der Waals surface area contributed by atoms with Crippen molar-refractivity contribution in [1.29, 1.82) is 5.26 Å². The van der Waals surface area contributed by atoms with E-state index in [4.69, 9.17) is 5.11 Å². The van der Waals surface area contributed by atoms with Gasteiger partial charge in [0.25, 0.3) is 0 Å². The molecule has 1 fully saturated rings. The van der Waals surface area contributed by atoms with Crippen molar-refractivity contribution >= 4 is 23.4 Å². The highest BCUT2D eigenvalue weighted by Crippen LogP contribution is 2.32. The number of nitrogens with zero attached hydrogens (tertiary/aromatic N) is 5. The van der Waals surface area contributed by atoms with Gasteiger partial charge in [-0.25, -0.2) is 14.8 Å². The first-order chi connectivity index (χ1) is 15.1. The van der Waals surface area contributed by atoms with Crippen molar-refractivity contribution in [2.45, 2.75) is 32.2 Å². The average Bonchev–Trinajstić information content (AvgIpc) is 3.44. The lowest BCUT2D eigenvalue weighted by Crippen LogP contribution is -2.17. The molecule has 0 spiro atoms. The molecule has 3 N–H and O–H groups in total. The summed E-state index contributed by atoms with van der Waals surface area (Å²) in [5, 5.41) is 28.2. The smallest absolute Gasteiger partial charge is 0.409 e. The van der Waals surface area contributed by atoms with Crippen LogP contribution in [0.1, 0.15) is 25.7 Å². The van der Waals surface area contributed by atoms with Crippen LogP contribution in [0.4, 0.5) is 22.1 Å². The van der Waals surface area contributed by atoms with E-state index in [-0.39, 0.29) is 5.92 Å². The molecule has 1 unspecified atom stereocenters. The maximum atomic E-state index is 10.8. The van der Waals surface area contributed by atoms with Gasteiger partial charge in [0.05, 0.1) is 30.4 Å². The van der Waals surface area contributed by atoms with Crippen LogP contribution < -0.4 is 10.6 Å². The molecule has 1 atom stereocenters. The lowest BCUT2D eigenvalue weighted by Gasteiger charge is -2.15. The van der Waals surface area contributed by atoms with Crippen molar-refractivity contribution in [3.63, 3.8) is 0 Å². The number of benzene rings is 1. The quantitative estimate of drug-likeness (QED) is 0.516. The maximum absolute atomic E-state index is 10.8. The number of carbonyl (C=O) groups is 1. The molecule has 0 radical (unpaired) electrons. The Kier molecular flexibility index (Phi) is 6.08. The van der Waals surface area contributed by atoms with Gasteiger partial charge in [0.15, 0.2) is 0 Å². The van der Waals surface area contributed by atoms with Crippen molar-refractivity contribution in [1.82, 2.24) is 19.7 Å². The first kappa shape index (κ1) is 20.3. The van der Waals surface area contributed by atoms with Gasteiger partial charge in [0.1, 0.15) is 0 Å². The van der Waals surface area contributed by atoms with E-state index in [0.29, 0.717) is 35.5 Å². The molecule has 0 aliphatic heterocycles. The van der Waals surface area contributed by atoms with Crippen LogP contribution in [0.25, 0.3) is 11.3 Å². The van der Waals surface area contributed by atoms with Crippen molar-refractivity contribution < 1.29 is 9.90 Å². The molecular weight excluding hydrogens is 394 g/mol. The molecule has 9 nitrogen and oxygen atoms in total. The zero-order valence-corrected chi connectivity index (χ0v) is 16.9. The fourth-order valence-electron chi connectivity index (χ4n) is 3.96. The Bertz CT molecular complexity index is 1100. The fraction of sp³-hybridized carbons (Fsp3) is 0.318. The molecule has 3 aromatic rings. The molecular formula is C22H23N7O2. The Morgan fingerprint density at radius 3 is 2.87 bits per heavy atom. The van der Waals surface area contributed by atoms with Crippen LogP contribution in [-0.2, 0) is 6.54 Å². The van der Waals surface area contributed by atoms with Gasteiger partial charge in [-0.15, -0.1) is 0 Å². The highest BCUT2D eigenvalue weighted by atomic mass is 16.4. The summed E-state index contributed by atoms with van der Waals surface area (Å²) >= 11 is 0. The topological polar surface area (TPSA) is 129 Å². The van der Waals surface area contributed by atoms with Gasteiger partial charge in [0.2, 0.25) is 5.95 Å². The van der Waals surface area contributed by atoms with E-state index in [0.717, 1.165) is 18.4 Å². The van der Waals surface area contributed by atoms with E-state index in [1.807, 2.05) is 10.9 Å². The van der Waals surface area contributed by atoms with Gasteiger partial charge >= 0.3 is 6.09 Å². The van der Waals surface area contributed by atoms with Gasteiger partial charge < -0.3 is 10.4 Å². The summed E-state index contributed by atoms with van der Waals surface area (Å²) in [6, 6.07) is 11.1. The minimum Gasteiger partial charge on any atom is -0.465 e. The molecule has 1 amide bonds. The van der Waals surface area contributed by atoms with Crippen LogP contribution in [0.2, 0.25) is 0 Å². The van der Waals surface area contributed by atoms with E-state index in [2.05, 4.69) is 31.8 Å². The number of anilines is 3. The molecule has 1 aliphatic rings. The minimum absolute atomic E-state index is 0.0236. The van der Waals surface area contributed by atoms with Gasteiger partial charge in [0, 0.05) is 29.3 Å². The zero-order chi connectivity index (χ0) is 21.6. The molecule has 0 saturated heterocycles. The predicted octanol–water partition coefficient (Wildman–Crippen LogP) is 4.50. The van der Waals surface area contributed by atoms with E-state index in [9.17, 15) is 10.1 Å². The second-order valence-electron chi connectivity index (χ2n) is 7.63. The summed E-state index contributed by atoms with van der Waals surface area (Å²) < 4.78 is 1.82. The van der Waals surface area contributed by atoms with Crippen molar-refractivity contribution in [3.05, 3.63) is 48.9 Å². The SMILES string of the molecule is N#CC(Cn1cc(-c2ccnc(Nc3cccc(NC(=O)O)c3)n2)cn1)C1CCCC1. The Balaban J connectivity index is 1.46. The van der Waals surface area contributed by atoms with Crippen molar-refractivity contribution in [3.8, 4) is 17.3 Å². The van der Waals surface area contributed by atoms with Crippen LogP contribution in [0.15, 0.2) is 48.9 Å². The summed E-state index contributed by atoms with van der Waals surface area (Å²) in [4.78, 5) is 19.6. The van der Waals surface area contributed by atoms with Crippen molar-refractivity contribution in [2.24, 2.45) is 11.8 Å². The third-order valence-electron chi connectivity index (χ3n) is 5.47. The average molecular weight is 417 g/mol. The minimum atomic E-state index is -1.13. The molecule has 1 aliphatic carbocycles. The third-order valence-corrected chi connectivity index (χ3v) is 5.47. The van der Waals surface area contributed by atoms with Gasteiger partial charge in [-0.2, -0.15) is 10.4 Å². The first-order valence-corrected chi connectivity index (χ1v) is 10.2. The Morgan fingerprint density at radius 1 is 1.29 bits per heavy atom. The predicted molar refractivity (Wildman–Crippen MR) is 116 cm³/mol. The largest absolute Gasteiger partial charge is 0.465 e. The Hall–Kier alpha value is -3.93. The van der Waals surface area contributed by atoms with Crippen LogP contribution in [0, 0.1) is 23.2 Å². The number of hydrogen-bond acceptors (Lipinski definition) is 6. The van der Waals surface area contributed by atoms with Gasteiger partial charge in [-0.05, 0) is 43.0 Å². The monoisotopic (exact) mass is 417 g/mol. The zero-order valence-electron chi connectivity index (χ0n) is 16.9. The molecule has 9 heteroatoms. The molecule has 158 valence electrons. The molecule has 4 rings (SSSR count). The molecule has 1 saturated carbocycles. The van der Waals surface area contributed by atoms with Crippen molar-refractivity contribution in [2.75, 3.05) is 10.6 Å². The molecule has 31 heavy (non-hydrogen) atoms. The molecule has 1 aromatic carbocycles. The number of nitrogens with one attached hydrogen (secondary N) is 2. The molecule has 0 bridgehead atoms. The summed E-state index contributed by atoms with van der Waals surface area (Å²) in [7, 11) is 0. The van der Waals surface area contributed by atoms with Gasteiger partial charge in [-0.1, -0.05) is 18.9 Å². The van der Waals surface area contributed by atoms with Crippen LogP contribution in [-0.4, -0.2) is 30.9 Å². The van der Waals surface area contributed by atoms with Crippen LogP contribution in [0.3, 0.4) is 0 Å². The second kappa shape index (κ2) is 9.26. The number of aromatic nitrogens is 4. The highest BCUT2D eigenvalue weighted by molar-refractivity contribution is 5.83. The number of rotatable bonds is 7. The molecule has 2 aromatic heterocycles. The summed E-state index contributed by atoms with van der Waals surface area (Å²) in [5.41, 5.74) is 2.66. The number of nitriles is 1. The Morgan fingerprint density at radius 2 is 2.10 bits per heavy atom. The highest BCUT2D eigenvalue weighted by Gasteiger charge is 2.25. The normalized spacial score (nSPS) is 14.7. The van der Waals surface area contributed by atoms with Gasteiger partial charge in [-0.3, -0.25) is 10.00 Å². The second-order valence-corrected chi connectivity index (χ2v) is 7.63. The maximum Gasteiger partial charge on any atom is 0.409 e. The van der Waals surface area contributed by atoms with E-state index >= 15 is 0 Å². The number of carboxylic acid groups (broad SMARTS) is 1. The standard InChI is InChI=1S/C22H23N7O2/c23-11-16(15-4-1-2-5-15)13-29-14-17(12-25-29)20-8-9-24-21(28-20)26-18-6-3-7-19(10-18)27-22(30)31/h3,6-10,12,14-16,27H,1-2,4-5,13H2,(H,30,31)(H,24,26,28).